The average molecular weight is 243 g/mol. The molecule has 0 rings (SSSR count). The summed E-state index contributed by atoms with van der Waals surface area (Å²) in [6.45, 7) is 3.31. The van der Waals surface area contributed by atoms with Crippen molar-refractivity contribution in [2.75, 3.05) is 6.61 Å². The fourth-order valence-corrected chi connectivity index (χ4v) is 0.798. The molecule has 0 aliphatic heterocycles. The Hall–Kier alpha value is -0.450. The van der Waals surface area contributed by atoms with Gasteiger partial charge < -0.3 is 4.74 Å². The van der Waals surface area contributed by atoms with E-state index in [9.17, 15) is 13.6 Å². The van der Waals surface area contributed by atoms with Crippen molar-refractivity contribution in [1.82, 2.24) is 0 Å². The van der Waals surface area contributed by atoms with Crippen molar-refractivity contribution in [2.24, 2.45) is 0 Å². The predicted molar refractivity (Wildman–Crippen MR) is 44.3 cm³/mol. The Morgan fingerprint density at radius 2 is 2.17 bits per heavy atom. The van der Waals surface area contributed by atoms with E-state index in [0.29, 0.717) is 6.61 Å². The van der Waals surface area contributed by atoms with Gasteiger partial charge in [0, 0.05) is 5.57 Å². The van der Waals surface area contributed by atoms with E-state index in [1.54, 1.807) is 6.92 Å². The summed E-state index contributed by atoms with van der Waals surface area (Å²) in [4.78, 5) is 7.23. The molecular weight excluding hydrogens is 234 g/mol. The van der Waals surface area contributed by atoms with Crippen molar-refractivity contribution in [3.63, 3.8) is 0 Å². The molecule has 0 atom stereocenters. The minimum atomic E-state index is -3.50. The molecule has 0 saturated carbocycles. The Morgan fingerprint density at radius 3 is 2.50 bits per heavy atom. The molecule has 0 aliphatic carbocycles. The number of ether oxygens (including phenoxy) is 1. The summed E-state index contributed by atoms with van der Waals surface area (Å²) in [5.41, 5.74) is -0.112. The van der Waals surface area contributed by atoms with Gasteiger partial charge >= 0.3 is 4.83 Å². The molecule has 0 spiro atoms. The van der Waals surface area contributed by atoms with Gasteiger partial charge in [-0.2, -0.15) is 8.78 Å². The topological polar surface area (TPSA) is 26.3 Å². The normalized spacial score (nSPS) is 12.9. The molecule has 70 valence electrons. The van der Waals surface area contributed by atoms with Crippen LogP contribution in [0, 0.1) is 0 Å². The molecule has 0 fully saturated rings. The zero-order chi connectivity index (χ0) is 9.78. The Kier molecular flexibility index (Phi) is 4.37. The second-order valence-electron chi connectivity index (χ2n) is 2.08. The number of Topliss-reactive ketones (excluding diaryl/α,β-unsaturated/α-hetero) is 1. The highest BCUT2D eigenvalue weighted by Crippen LogP contribution is 2.25. The van der Waals surface area contributed by atoms with E-state index in [2.05, 4.69) is 4.74 Å². The third-order valence-corrected chi connectivity index (χ3v) is 1.40. The Bertz CT molecular complexity index is 196. The lowest BCUT2D eigenvalue weighted by molar-refractivity contribution is -0.128. The molecule has 12 heavy (non-hydrogen) atoms. The van der Waals surface area contributed by atoms with Gasteiger partial charge in [-0.15, -0.1) is 0 Å². The molecule has 0 aromatic rings. The summed E-state index contributed by atoms with van der Waals surface area (Å²) in [6.07, 6.45) is 1.03. The van der Waals surface area contributed by atoms with Crippen LogP contribution < -0.4 is 0 Å². The molecule has 0 aliphatic rings. The van der Waals surface area contributed by atoms with Crippen molar-refractivity contribution in [3.8, 4) is 0 Å². The van der Waals surface area contributed by atoms with Gasteiger partial charge in [-0.25, -0.2) is 0 Å². The Balaban J connectivity index is 4.30. The van der Waals surface area contributed by atoms with Crippen LogP contribution >= 0.6 is 15.9 Å². The number of alkyl halides is 3. The van der Waals surface area contributed by atoms with Gasteiger partial charge in [0.1, 0.15) is 0 Å². The Labute approximate surface area is 77.7 Å². The summed E-state index contributed by atoms with van der Waals surface area (Å²) in [7, 11) is 0. The zero-order valence-corrected chi connectivity index (χ0v) is 8.32. The first-order chi connectivity index (χ1) is 5.39. The molecule has 0 aromatic heterocycles. The smallest absolute Gasteiger partial charge is 0.362 e. The third-order valence-electron chi connectivity index (χ3n) is 1.04. The number of halogens is 3. The van der Waals surface area contributed by atoms with Crippen LogP contribution in [0.25, 0.3) is 0 Å². The van der Waals surface area contributed by atoms with Crippen LogP contribution in [-0.4, -0.2) is 17.2 Å². The van der Waals surface area contributed by atoms with E-state index < -0.39 is 10.6 Å². The number of ketones is 1. The summed E-state index contributed by atoms with van der Waals surface area (Å²) in [5.74, 6) is -1.28. The molecule has 2 nitrogen and oxygen atoms in total. The number of hydrogen-bond acceptors (Lipinski definition) is 2. The quantitative estimate of drug-likeness (QED) is 0.430. The van der Waals surface area contributed by atoms with Crippen molar-refractivity contribution in [2.45, 2.75) is 18.7 Å². The zero-order valence-electron chi connectivity index (χ0n) is 6.73. The van der Waals surface area contributed by atoms with Crippen LogP contribution in [0.1, 0.15) is 13.8 Å². The van der Waals surface area contributed by atoms with Crippen LogP contribution in [-0.2, 0) is 9.53 Å². The van der Waals surface area contributed by atoms with Gasteiger partial charge in [-0.3, -0.25) is 4.79 Å². The largest absolute Gasteiger partial charge is 0.501 e. The molecule has 5 heteroatoms. The SMILES string of the molecule is CCO/C=C(\C)C(=O)C(F)(F)Br. The van der Waals surface area contributed by atoms with Gasteiger partial charge in [0.05, 0.1) is 12.9 Å². The predicted octanol–water partition coefficient (Wildman–Crippen LogP) is 2.48. The van der Waals surface area contributed by atoms with Gasteiger partial charge in [-0.05, 0) is 29.8 Å². The van der Waals surface area contributed by atoms with E-state index in [-0.39, 0.29) is 5.57 Å². The van der Waals surface area contributed by atoms with Crippen LogP contribution in [0.2, 0.25) is 0 Å². The molecule has 0 bridgehead atoms. The summed E-state index contributed by atoms with van der Waals surface area (Å²) >= 11 is 1.96. The lowest BCUT2D eigenvalue weighted by Crippen LogP contribution is -2.21. The monoisotopic (exact) mass is 242 g/mol. The van der Waals surface area contributed by atoms with Gasteiger partial charge in [0.15, 0.2) is 0 Å². The second kappa shape index (κ2) is 4.54. The maximum atomic E-state index is 12.3. The van der Waals surface area contributed by atoms with E-state index in [1.165, 1.54) is 6.92 Å². The number of hydrogen-bond donors (Lipinski definition) is 0. The van der Waals surface area contributed by atoms with Crippen LogP contribution in [0.15, 0.2) is 11.8 Å². The highest BCUT2D eigenvalue weighted by molar-refractivity contribution is 9.10. The molecule has 0 N–H and O–H groups in total. The fourth-order valence-electron chi connectivity index (χ4n) is 0.485. The number of carbonyl (C=O) groups excluding carboxylic acids is 1. The highest BCUT2D eigenvalue weighted by Gasteiger charge is 2.35. The van der Waals surface area contributed by atoms with E-state index in [4.69, 9.17) is 0 Å². The van der Waals surface area contributed by atoms with Crippen molar-refractivity contribution < 1.29 is 18.3 Å². The van der Waals surface area contributed by atoms with Crippen LogP contribution in [0.3, 0.4) is 0 Å². The fraction of sp³-hybridized carbons (Fsp3) is 0.571. The molecule has 0 aromatic carbocycles. The number of rotatable bonds is 4. The highest BCUT2D eigenvalue weighted by atomic mass is 79.9. The van der Waals surface area contributed by atoms with Crippen molar-refractivity contribution in [1.29, 1.82) is 0 Å². The first-order valence-electron chi connectivity index (χ1n) is 3.29. The van der Waals surface area contributed by atoms with Crippen LogP contribution in [0.4, 0.5) is 8.78 Å². The molecule has 0 amide bonds. The van der Waals surface area contributed by atoms with E-state index >= 15 is 0 Å². The van der Waals surface area contributed by atoms with Crippen molar-refractivity contribution in [3.05, 3.63) is 11.8 Å². The summed E-state index contributed by atoms with van der Waals surface area (Å²) in [6, 6.07) is 0. The molecule has 0 saturated heterocycles. The first-order valence-corrected chi connectivity index (χ1v) is 4.08. The third kappa shape index (κ3) is 3.80. The minimum Gasteiger partial charge on any atom is -0.501 e. The van der Waals surface area contributed by atoms with Gasteiger partial charge in [0.2, 0.25) is 5.78 Å². The lowest BCUT2D eigenvalue weighted by atomic mass is 10.2. The summed E-state index contributed by atoms with van der Waals surface area (Å²) < 4.78 is 29.2. The second-order valence-corrected chi connectivity index (χ2v) is 3.08. The average Bonchev–Trinajstić information content (AvgIpc) is 1.97. The molecule has 0 radical (unpaired) electrons. The van der Waals surface area contributed by atoms with Crippen LogP contribution in [0.5, 0.6) is 0 Å². The van der Waals surface area contributed by atoms with Gasteiger partial charge in [-0.1, -0.05) is 0 Å². The summed E-state index contributed by atoms with van der Waals surface area (Å²) in [5, 5.41) is 0. The maximum Gasteiger partial charge on any atom is 0.362 e. The number of carbonyl (C=O) groups is 1. The number of allylic oxidation sites excluding steroid dienone is 1. The van der Waals surface area contributed by atoms with Gasteiger partial charge in [0.25, 0.3) is 0 Å². The van der Waals surface area contributed by atoms with E-state index in [1.807, 2.05) is 15.9 Å². The standard InChI is InChI=1S/C7H9BrF2O2/c1-3-12-4-5(2)6(11)7(8,9)10/h4H,3H2,1-2H3/b5-4+. The molecular formula is C7H9BrF2O2. The van der Waals surface area contributed by atoms with E-state index in [0.717, 1.165) is 6.26 Å². The van der Waals surface area contributed by atoms with Crippen molar-refractivity contribution >= 4 is 21.7 Å². The lowest BCUT2D eigenvalue weighted by Gasteiger charge is -2.06. The first kappa shape index (κ1) is 11.6. The molecule has 0 heterocycles. The minimum absolute atomic E-state index is 0.112. The Morgan fingerprint density at radius 1 is 1.67 bits per heavy atom. The molecule has 0 unspecified atom stereocenters. The maximum absolute atomic E-state index is 12.3.